The van der Waals surface area contributed by atoms with Crippen molar-refractivity contribution in [3.05, 3.63) is 58.6 Å². The molecule has 6 nitrogen and oxygen atoms in total. The number of likely N-dealkylation sites (tertiary alicyclic amines) is 1. The average Bonchev–Trinajstić information content (AvgIpc) is 2.75. The molecule has 2 aromatic carbocycles. The summed E-state index contributed by atoms with van der Waals surface area (Å²) in [5.74, 6) is 0.0740. The van der Waals surface area contributed by atoms with Crippen molar-refractivity contribution < 1.29 is 17.9 Å². The van der Waals surface area contributed by atoms with E-state index >= 15 is 0 Å². The van der Waals surface area contributed by atoms with Gasteiger partial charge in [0, 0.05) is 29.2 Å². The number of hydrogen-bond donors (Lipinski definition) is 1. The Kier molecular flexibility index (Phi) is 6.75. The fourth-order valence-corrected chi connectivity index (χ4v) is 7.86. The number of benzene rings is 2. The van der Waals surface area contributed by atoms with Gasteiger partial charge in [-0.2, -0.15) is 0 Å². The largest absolute Gasteiger partial charge is 0.495 e. The Hall–Kier alpha value is -2.09. The van der Waals surface area contributed by atoms with Crippen molar-refractivity contribution in [3.63, 3.8) is 0 Å². The zero-order valence-electron chi connectivity index (χ0n) is 21.2. The van der Waals surface area contributed by atoms with E-state index in [0.717, 1.165) is 31.2 Å². The monoisotopic (exact) mass is 518 g/mol. The van der Waals surface area contributed by atoms with Crippen LogP contribution in [0.2, 0.25) is 5.02 Å². The zero-order chi connectivity index (χ0) is 25.6. The Bertz CT molecular complexity index is 1210. The number of carbonyl (C=O) groups excluding carboxylic acids is 1. The molecule has 1 amide bonds. The maximum atomic E-state index is 13.7. The van der Waals surface area contributed by atoms with Crippen LogP contribution in [0.3, 0.4) is 0 Å². The molecule has 8 heteroatoms. The van der Waals surface area contributed by atoms with Crippen molar-refractivity contribution in [1.82, 2.24) is 9.62 Å². The Morgan fingerprint density at radius 3 is 2.20 bits per heavy atom. The van der Waals surface area contributed by atoms with Crippen molar-refractivity contribution in [3.8, 4) is 5.75 Å². The van der Waals surface area contributed by atoms with Crippen molar-refractivity contribution in [2.45, 2.75) is 70.4 Å². The summed E-state index contributed by atoms with van der Waals surface area (Å²) >= 11 is 5.92. The highest BCUT2D eigenvalue weighted by molar-refractivity contribution is 7.89. The van der Waals surface area contributed by atoms with E-state index in [2.05, 4.69) is 32.4 Å². The van der Waals surface area contributed by atoms with Crippen LogP contribution < -0.4 is 9.46 Å². The first-order valence-corrected chi connectivity index (χ1v) is 13.9. The summed E-state index contributed by atoms with van der Waals surface area (Å²) < 4.78 is 34.4. The molecule has 0 atom stereocenters. The van der Waals surface area contributed by atoms with Crippen molar-refractivity contribution >= 4 is 27.5 Å². The molecule has 1 saturated carbocycles. The lowest BCUT2D eigenvalue weighted by molar-refractivity contribution is -0.0889. The Balaban J connectivity index is 1.59. The molecular weight excluding hydrogens is 484 g/mol. The average molecular weight is 519 g/mol. The quantitative estimate of drug-likeness (QED) is 0.536. The first-order valence-electron chi connectivity index (χ1n) is 12.0. The van der Waals surface area contributed by atoms with Crippen LogP contribution in [0.15, 0.2) is 47.4 Å². The molecule has 0 radical (unpaired) electrons. The van der Waals surface area contributed by atoms with Crippen LogP contribution in [0.25, 0.3) is 0 Å². The van der Waals surface area contributed by atoms with Gasteiger partial charge in [0.15, 0.2) is 0 Å². The van der Waals surface area contributed by atoms with Gasteiger partial charge in [-0.15, -0.1) is 0 Å². The number of methoxy groups -OCH3 is 1. The van der Waals surface area contributed by atoms with E-state index in [1.807, 2.05) is 4.90 Å². The maximum absolute atomic E-state index is 13.7. The number of sulfonamides is 1. The molecule has 1 aliphatic carbocycles. The lowest BCUT2D eigenvalue weighted by atomic mass is 9.55. The molecule has 2 fully saturated rings. The van der Waals surface area contributed by atoms with Gasteiger partial charge >= 0.3 is 0 Å². The fraction of sp³-hybridized carbons (Fsp3) is 0.519. The van der Waals surface area contributed by atoms with E-state index in [9.17, 15) is 13.2 Å². The summed E-state index contributed by atoms with van der Waals surface area (Å²) in [6.07, 6.45) is 4.02. The zero-order valence-corrected chi connectivity index (χ0v) is 22.7. The third kappa shape index (κ3) is 5.37. The van der Waals surface area contributed by atoms with Crippen molar-refractivity contribution in [2.75, 3.05) is 13.7 Å². The van der Waals surface area contributed by atoms with Crippen LogP contribution in [-0.4, -0.2) is 38.4 Å². The smallest absolute Gasteiger partial charge is 0.254 e. The van der Waals surface area contributed by atoms with Gasteiger partial charge in [-0.1, -0.05) is 51.4 Å². The van der Waals surface area contributed by atoms with Gasteiger partial charge in [0.25, 0.3) is 5.91 Å². The van der Waals surface area contributed by atoms with E-state index in [4.69, 9.17) is 16.3 Å². The second-order valence-corrected chi connectivity index (χ2v) is 13.8. The number of rotatable bonds is 6. The van der Waals surface area contributed by atoms with Crippen LogP contribution >= 0.6 is 11.6 Å². The summed E-state index contributed by atoms with van der Waals surface area (Å²) in [7, 11) is -2.51. The van der Waals surface area contributed by atoms with Gasteiger partial charge in [-0.05, 0) is 72.4 Å². The summed E-state index contributed by atoms with van der Waals surface area (Å²) in [6, 6.07) is 11.6. The van der Waals surface area contributed by atoms with Crippen LogP contribution in [0.4, 0.5) is 0 Å². The standard InChI is InChI=1S/C27H35ClN2O4S/c1-25(2)16-26(3,4)18-27(17-25)12-13-30(27)24(31)20-8-11-22(34-5)23(14-20)35(32,33)29-15-19-6-9-21(28)10-7-19/h6-11,14,29H,12-13,15-18H2,1-5H3. The highest BCUT2D eigenvalue weighted by Gasteiger charge is 2.56. The van der Waals surface area contributed by atoms with Crippen LogP contribution in [0, 0.1) is 10.8 Å². The number of hydrogen-bond acceptors (Lipinski definition) is 4. The molecule has 1 saturated heterocycles. The van der Waals surface area contributed by atoms with E-state index in [0.29, 0.717) is 17.1 Å². The molecule has 0 aromatic heterocycles. The molecule has 0 bridgehead atoms. The van der Waals surface area contributed by atoms with Gasteiger partial charge in [0.05, 0.1) is 7.11 Å². The molecule has 1 aliphatic heterocycles. The molecule has 35 heavy (non-hydrogen) atoms. The summed E-state index contributed by atoms with van der Waals surface area (Å²) in [4.78, 5) is 15.6. The minimum absolute atomic E-state index is 0.0429. The first-order chi connectivity index (χ1) is 16.3. The lowest BCUT2D eigenvalue weighted by Crippen LogP contribution is -2.66. The molecule has 1 spiro atoms. The SMILES string of the molecule is COc1ccc(C(=O)N2CCC23CC(C)(C)CC(C)(C)C3)cc1S(=O)(=O)NCc1ccc(Cl)cc1. The van der Waals surface area contributed by atoms with Crippen LogP contribution in [-0.2, 0) is 16.6 Å². The van der Waals surface area contributed by atoms with Gasteiger partial charge in [0.2, 0.25) is 10.0 Å². The van der Waals surface area contributed by atoms with Crippen molar-refractivity contribution in [1.29, 1.82) is 0 Å². The highest BCUT2D eigenvalue weighted by atomic mass is 35.5. The minimum Gasteiger partial charge on any atom is -0.495 e. The van der Waals surface area contributed by atoms with Gasteiger partial charge < -0.3 is 9.64 Å². The summed E-state index contributed by atoms with van der Waals surface area (Å²) in [6.45, 7) is 9.90. The minimum atomic E-state index is -3.93. The Morgan fingerprint density at radius 1 is 1.03 bits per heavy atom. The third-order valence-corrected chi connectivity index (χ3v) is 8.94. The lowest BCUT2D eigenvalue weighted by Gasteiger charge is -2.62. The van der Waals surface area contributed by atoms with Crippen molar-refractivity contribution in [2.24, 2.45) is 10.8 Å². The number of carbonyl (C=O) groups is 1. The van der Waals surface area contributed by atoms with E-state index in [1.54, 1.807) is 36.4 Å². The molecule has 190 valence electrons. The molecule has 4 rings (SSSR count). The summed E-state index contributed by atoms with van der Waals surface area (Å²) in [5.41, 5.74) is 1.24. The number of ether oxygens (including phenoxy) is 1. The highest BCUT2D eigenvalue weighted by Crippen LogP contribution is 2.56. The predicted octanol–water partition coefficient (Wildman–Crippen LogP) is 5.65. The van der Waals surface area contributed by atoms with Gasteiger partial charge in [-0.3, -0.25) is 4.79 Å². The number of nitrogens with zero attached hydrogens (tertiary/aromatic N) is 1. The predicted molar refractivity (Wildman–Crippen MR) is 138 cm³/mol. The van der Waals surface area contributed by atoms with E-state index in [-0.39, 0.29) is 39.5 Å². The number of nitrogens with one attached hydrogen (secondary N) is 1. The molecule has 2 aromatic rings. The third-order valence-electron chi connectivity index (χ3n) is 7.27. The number of amides is 1. The fourth-order valence-electron chi connectivity index (χ4n) is 6.52. The second-order valence-electron chi connectivity index (χ2n) is 11.6. The van der Waals surface area contributed by atoms with E-state index in [1.165, 1.54) is 13.2 Å². The maximum Gasteiger partial charge on any atom is 0.254 e. The molecule has 2 aliphatic rings. The van der Waals surface area contributed by atoms with Gasteiger partial charge in [-0.25, -0.2) is 13.1 Å². The molecule has 1 heterocycles. The Morgan fingerprint density at radius 2 is 1.66 bits per heavy atom. The normalized spacial score (nSPS) is 20.3. The van der Waals surface area contributed by atoms with Crippen LogP contribution in [0.5, 0.6) is 5.75 Å². The molecule has 0 unspecified atom stereocenters. The number of halogens is 1. The second kappa shape index (κ2) is 9.09. The topological polar surface area (TPSA) is 75.7 Å². The molecular formula is C27H35ClN2O4S. The first kappa shape index (κ1) is 26.0. The van der Waals surface area contributed by atoms with E-state index < -0.39 is 10.0 Å². The molecule has 1 N–H and O–H groups in total. The Labute approximate surface area is 214 Å². The van der Waals surface area contributed by atoms with Gasteiger partial charge in [0.1, 0.15) is 10.6 Å². The summed E-state index contributed by atoms with van der Waals surface area (Å²) in [5, 5.41) is 0.581. The van der Waals surface area contributed by atoms with Crippen LogP contribution in [0.1, 0.15) is 69.3 Å².